The van der Waals surface area contributed by atoms with Gasteiger partial charge < -0.3 is 14.4 Å². The molecule has 0 aliphatic carbocycles. The van der Waals surface area contributed by atoms with Crippen LogP contribution < -0.4 is 0 Å². The third-order valence-corrected chi connectivity index (χ3v) is 2.82. The second kappa shape index (κ2) is 5.45. The minimum Gasteiger partial charge on any atom is -0.507 e. The number of imidazole rings is 1. The second-order valence-electron chi connectivity index (χ2n) is 4.20. The molecule has 0 aliphatic rings. The number of allylic oxidation sites excluding steroid dienone is 1. The van der Waals surface area contributed by atoms with E-state index in [1.807, 2.05) is 30.3 Å². The van der Waals surface area contributed by atoms with Crippen molar-refractivity contribution in [1.82, 2.24) is 9.55 Å². The van der Waals surface area contributed by atoms with Crippen molar-refractivity contribution in [2.24, 2.45) is 7.05 Å². The molecule has 1 aromatic carbocycles. The number of hydrogen-bond donors (Lipinski definition) is 1. The van der Waals surface area contributed by atoms with Crippen LogP contribution >= 0.6 is 0 Å². The summed E-state index contributed by atoms with van der Waals surface area (Å²) < 4.78 is 6.39. The molecule has 0 radical (unpaired) electrons. The van der Waals surface area contributed by atoms with Crippen molar-refractivity contribution in [3.8, 4) is 6.07 Å². The van der Waals surface area contributed by atoms with E-state index in [9.17, 15) is 15.2 Å². The number of esters is 1. The highest BCUT2D eigenvalue weighted by molar-refractivity contribution is 5.83. The smallest absolute Gasteiger partial charge is 0.303 e. The molecule has 0 saturated heterocycles. The highest BCUT2D eigenvalue weighted by Gasteiger charge is 2.16. The standard InChI is InChI=1S/C14H13N3O3/c1-9(18)20-8-13(19)10(7-15)14-16-11-5-3-4-6-12(11)17(14)2/h3-6,19H,8H2,1-2H3/b13-10-. The number of rotatable bonds is 3. The van der Waals surface area contributed by atoms with Crippen molar-refractivity contribution in [3.63, 3.8) is 0 Å². The number of benzene rings is 1. The number of aliphatic hydroxyl groups is 1. The molecular weight excluding hydrogens is 258 g/mol. The van der Waals surface area contributed by atoms with Gasteiger partial charge >= 0.3 is 5.97 Å². The predicted molar refractivity (Wildman–Crippen MR) is 72.5 cm³/mol. The topological polar surface area (TPSA) is 88.1 Å². The molecule has 20 heavy (non-hydrogen) atoms. The van der Waals surface area contributed by atoms with Crippen LogP contribution in [0.3, 0.4) is 0 Å². The molecule has 0 atom stereocenters. The van der Waals surface area contributed by atoms with Crippen LogP contribution in [0.2, 0.25) is 0 Å². The van der Waals surface area contributed by atoms with Gasteiger partial charge in [0.1, 0.15) is 18.2 Å². The van der Waals surface area contributed by atoms with Gasteiger partial charge in [0.2, 0.25) is 0 Å². The fourth-order valence-electron chi connectivity index (χ4n) is 1.85. The number of aliphatic hydroxyl groups excluding tert-OH is 1. The fraction of sp³-hybridized carbons (Fsp3) is 0.214. The number of carbonyl (C=O) groups excluding carboxylic acids is 1. The largest absolute Gasteiger partial charge is 0.507 e. The Morgan fingerprint density at radius 2 is 2.20 bits per heavy atom. The Balaban J connectivity index is 2.49. The number of nitriles is 1. The summed E-state index contributed by atoms with van der Waals surface area (Å²) in [7, 11) is 1.75. The maximum Gasteiger partial charge on any atom is 0.303 e. The molecule has 0 aliphatic heterocycles. The SMILES string of the molecule is CC(=O)OC/C(O)=C(\C#N)c1nc2ccccc2n1C. The maximum absolute atomic E-state index is 10.7. The van der Waals surface area contributed by atoms with Crippen LogP contribution in [0, 0.1) is 11.3 Å². The van der Waals surface area contributed by atoms with Gasteiger partial charge in [-0.25, -0.2) is 4.98 Å². The first-order chi connectivity index (χ1) is 9.54. The van der Waals surface area contributed by atoms with Crippen molar-refractivity contribution >= 4 is 22.6 Å². The van der Waals surface area contributed by atoms with E-state index in [0.29, 0.717) is 5.82 Å². The zero-order chi connectivity index (χ0) is 14.7. The lowest BCUT2D eigenvalue weighted by Gasteiger charge is -2.05. The van der Waals surface area contributed by atoms with E-state index in [2.05, 4.69) is 9.72 Å². The summed E-state index contributed by atoms with van der Waals surface area (Å²) in [5.41, 5.74) is 1.55. The van der Waals surface area contributed by atoms with Gasteiger partial charge in [0, 0.05) is 14.0 Å². The monoisotopic (exact) mass is 271 g/mol. The highest BCUT2D eigenvalue weighted by atomic mass is 16.5. The highest BCUT2D eigenvalue weighted by Crippen LogP contribution is 2.21. The van der Waals surface area contributed by atoms with Crippen LogP contribution in [0.5, 0.6) is 0 Å². The summed E-state index contributed by atoms with van der Waals surface area (Å²) in [6.07, 6.45) is 0. The lowest BCUT2D eigenvalue weighted by atomic mass is 10.2. The molecular formula is C14H13N3O3. The zero-order valence-corrected chi connectivity index (χ0v) is 11.1. The minimum absolute atomic E-state index is 0.00931. The molecule has 1 aromatic heterocycles. The van der Waals surface area contributed by atoms with Gasteiger partial charge in [-0.3, -0.25) is 4.79 Å². The first-order valence-corrected chi connectivity index (χ1v) is 5.92. The van der Waals surface area contributed by atoms with Gasteiger partial charge in [-0.1, -0.05) is 12.1 Å². The minimum atomic E-state index is -0.529. The van der Waals surface area contributed by atoms with Crippen LogP contribution in [0.15, 0.2) is 30.0 Å². The Bertz CT molecular complexity index is 738. The number of aromatic nitrogens is 2. The second-order valence-corrected chi connectivity index (χ2v) is 4.20. The van der Waals surface area contributed by atoms with Gasteiger partial charge in [-0.05, 0) is 12.1 Å². The zero-order valence-electron chi connectivity index (χ0n) is 11.1. The van der Waals surface area contributed by atoms with Gasteiger partial charge in [-0.2, -0.15) is 5.26 Å². The fourth-order valence-corrected chi connectivity index (χ4v) is 1.85. The third-order valence-electron chi connectivity index (χ3n) is 2.82. The van der Waals surface area contributed by atoms with Crippen LogP contribution in [-0.2, 0) is 16.6 Å². The van der Waals surface area contributed by atoms with Gasteiger partial charge in [0.15, 0.2) is 11.6 Å². The molecule has 1 heterocycles. The number of hydrogen-bond acceptors (Lipinski definition) is 5. The molecule has 0 bridgehead atoms. The Morgan fingerprint density at radius 1 is 1.50 bits per heavy atom. The van der Waals surface area contributed by atoms with Crippen molar-refractivity contribution in [2.45, 2.75) is 6.92 Å². The summed E-state index contributed by atoms with van der Waals surface area (Å²) in [6.45, 7) is 0.885. The molecule has 0 unspecified atom stereocenters. The maximum atomic E-state index is 10.7. The molecule has 0 spiro atoms. The van der Waals surface area contributed by atoms with Crippen molar-refractivity contribution < 1.29 is 14.6 Å². The lowest BCUT2D eigenvalue weighted by molar-refractivity contribution is -0.140. The Hall–Kier alpha value is -2.81. The third kappa shape index (κ3) is 2.47. The Kier molecular flexibility index (Phi) is 3.71. The number of fused-ring (bicyclic) bond motifs is 1. The number of nitrogens with zero attached hydrogens (tertiary/aromatic N) is 3. The van der Waals surface area contributed by atoms with E-state index in [-0.39, 0.29) is 17.9 Å². The van der Waals surface area contributed by atoms with Crippen molar-refractivity contribution in [3.05, 3.63) is 35.8 Å². The Morgan fingerprint density at radius 3 is 2.80 bits per heavy atom. The van der Waals surface area contributed by atoms with E-state index in [1.165, 1.54) is 6.92 Å². The molecule has 1 N–H and O–H groups in total. The normalized spacial score (nSPS) is 11.8. The number of para-hydroxylation sites is 2. The first-order valence-electron chi connectivity index (χ1n) is 5.92. The number of carbonyl (C=O) groups is 1. The molecule has 2 rings (SSSR count). The van der Waals surface area contributed by atoms with E-state index in [4.69, 9.17) is 0 Å². The average Bonchev–Trinajstić information content (AvgIpc) is 2.75. The molecule has 0 saturated carbocycles. The van der Waals surface area contributed by atoms with Crippen LogP contribution in [0.4, 0.5) is 0 Å². The van der Waals surface area contributed by atoms with Crippen molar-refractivity contribution in [2.75, 3.05) is 6.61 Å². The lowest BCUT2D eigenvalue weighted by Crippen LogP contribution is -2.06. The first kappa shape index (κ1) is 13.6. The van der Waals surface area contributed by atoms with E-state index in [0.717, 1.165) is 11.0 Å². The van der Waals surface area contributed by atoms with E-state index in [1.54, 1.807) is 11.6 Å². The molecule has 0 amide bonds. The van der Waals surface area contributed by atoms with Gasteiger partial charge in [0.25, 0.3) is 0 Å². The summed E-state index contributed by atoms with van der Waals surface area (Å²) >= 11 is 0. The summed E-state index contributed by atoms with van der Waals surface area (Å²) in [6, 6.07) is 9.28. The summed E-state index contributed by atoms with van der Waals surface area (Å²) in [5.74, 6) is -0.515. The van der Waals surface area contributed by atoms with E-state index >= 15 is 0 Å². The number of ether oxygens (including phenoxy) is 1. The average molecular weight is 271 g/mol. The molecule has 6 heteroatoms. The number of aryl methyl sites for hydroxylation is 1. The molecule has 0 fully saturated rings. The summed E-state index contributed by atoms with van der Waals surface area (Å²) in [4.78, 5) is 15.1. The Labute approximate surface area is 115 Å². The van der Waals surface area contributed by atoms with Gasteiger partial charge in [-0.15, -0.1) is 0 Å². The van der Waals surface area contributed by atoms with E-state index < -0.39 is 5.97 Å². The molecule has 102 valence electrons. The predicted octanol–water partition coefficient (Wildman–Crippen LogP) is 1.93. The van der Waals surface area contributed by atoms with Crippen LogP contribution in [0.25, 0.3) is 16.6 Å². The van der Waals surface area contributed by atoms with Gasteiger partial charge in [0.05, 0.1) is 11.0 Å². The van der Waals surface area contributed by atoms with Crippen molar-refractivity contribution in [1.29, 1.82) is 5.26 Å². The van der Waals surface area contributed by atoms with Crippen LogP contribution in [0.1, 0.15) is 12.7 Å². The molecule has 2 aromatic rings. The summed E-state index contributed by atoms with van der Waals surface area (Å²) in [5, 5.41) is 19.1. The van der Waals surface area contributed by atoms with Crippen LogP contribution in [-0.4, -0.2) is 27.2 Å². The molecule has 6 nitrogen and oxygen atoms in total. The quantitative estimate of drug-likeness (QED) is 0.523.